The van der Waals surface area contributed by atoms with Gasteiger partial charge in [0.2, 0.25) is 0 Å². The first kappa shape index (κ1) is 14.4. The zero-order valence-corrected chi connectivity index (χ0v) is 11.7. The zero-order valence-electron chi connectivity index (χ0n) is 10.1. The van der Waals surface area contributed by atoms with Crippen LogP contribution in [0.2, 0.25) is 0 Å². The number of piperidine rings is 1. The van der Waals surface area contributed by atoms with E-state index in [2.05, 4.69) is 15.9 Å². The van der Waals surface area contributed by atoms with Crippen LogP contribution in [0.4, 0.5) is 13.2 Å². The number of benzene rings is 1. The van der Waals surface area contributed by atoms with Crippen molar-refractivity contribution in [1.29, 1.82) is 0 Å². The van der Waals surface area contributed by atoms with E-state index in [1.165, 1.54) is 23.1 Å². The normalized spacial score (nSPS) is 17.0. The molecule has 1 aliphatic heterocycles. The van der Waals surface area contributed by atoms with Gasteiger partial charge in [0.1, 0.15) is 6.17 Å². The highest BCUT2D eigenvalue weighted by Crippen LogP contribution is 2.29. The van der Waals surface area contributed by atoms with E-state index >= 15 is 0 Å². The molecule has 1 aliphatic rings. The molecule has 0 saturated carbocycles. The van der Waals surface area contributed by atoms with Crippen molar-refractivity contribution in [3.05, 3.63) is 33.8 Å². The summed E-state index contributed by atoms with van der Waals surface area (Å²) in [6.45, 7) is 0.667. The van der Waals surface area contributed by atoms with Gasteiger partial charge in [-0.3, -0.25) is 4.79 Å². The predicted molar refractivity (Wildman–Crippen MR) is 69.1 cm³/mol. The first-order valence-corrected chi connectivity index (χ1v) is 6.79. The topological polar surface area (TPSA) is 20.3 Å². The summed E-state index contributed by atoms with van der Waals surface area (Å²) >= 11 is 3.03. The van der Waals surface area contributed by atoms with Gasteiger partial charge in [0.25, 0.3) is 12.3 Å². The number of carbonyl (C=O) groups excluding carboxylic acids is 1. The maximum atomic E-state index is 13.0. The van der Waals surface area contributed by atoms with Crippen LogP contribution in [0.5, 0.6) is 0 Å². The molecular weight excluding hydrogens is 323 g/mol. The van der Waals surface area contributed by atoms with Crippen molar-refractivity contribution >= 4 is 21.8 Å². The third-order valence-electron chi connectivity index (χ3n) is 3.19. The summed E-state index contributed by atoms with van der Waals surface area (Å²) in [5.41, 5.74) is 0.0158. The molecule has 0 unspecified atom stereocenters. The van der Waals surface area contributed by atoms with Gasteiger partial charge in [-0.25, -0.2) is 13.2 Å². The molecular formula is C13H13BrF3NO. The van der Waals surface area contributed by atoms with Gasteiger partial charge in [-0.2, -0.15) is 0 Å². The van der Waals surface area contributed by atoms with Crippen LogP contribution < -0.4 is 0 Å². The number of likely N-dealkylation sites (tertiary alicyclic amines) is 1. The van der Waals surface area contributed by atoms with Gasteiger partial charge < -0.3 is 4.90 Å². The lowest BCUT2D eigenvalue weighted by atomic mass is 10.1. The van der Waals surface area contributed by atoms with Crippen LogP contribution in [-0.2, 0) is 0 Å². The molecule has 1 fully saturated rings. The molecule has 1 saturated heterocycles. The Morgan fingerprint density at radius 3 is 2.53 bits per heavy atom. The molecule has 0 atom stereocenters. The lowest BCUT2D eigenvalue weighted by Crippen LogP contribution is -2.39. The van der Waals surface area contributed by atoms with E-state index < -0.39 is 12.6 Å². The van der Waals surface area contributed by atoms with E-state index in [-0.39, 0.29) is 21.5 Å². The predicted octanol–water partition coefficient (Wildman–Crippen LogP) is 3.96. The monoisotopic (exact) mass is 335 g/mol. The van der Waals surface area contributed by atoms with Crippen molar-refractivity contribution in [1.82, 2.24) is 4.90 Å². The van der Waals surface area contributed by atoms with Gasteiger partial charge in [-0.1, -0.05) is 15.9 Å². The van der Waals surface area contributed by atoms with Crippen LogP contribution in [0.3, 0.4) is 0 Å². The highest BCUT2D eigenvalue weighted by molar-refractivity contribution is 9.10. The van der Waals surface area contributed by atoms with Gasteiger partial charge in [-0.05, 0) is 31.0 Å². The van der Waals surface area contributed by atoms with Gasteiger partial charge >= 0.3 is 0 Å². The minimum Gasteiger partial charge on any atom is -0.338 e. The number of hydrogen-bond donors (Lipinski definition) is 0. The molecule has 0 bridgehead atoms. The van der Waals surface area contributed by atoms with Crippen molar-refractivity contribution in [2.75, 3.05) is 13.1 Å². The molecule has 0 aliphatic carbocycles. The number of halogens is 4. The van der Waals surface area contributed by atoms with Crippen molar-refractivity contribution < 1.29 is 18.0 Å². The maximum Gasteiger partial charge on any atom is 0.264 e. The molecule has 104 valence electrons. The molecule has 2 rings (SSSR count). The Morgan fingerprint density at radius 1 is 1.32 bits per heavy atom. The Morgan fingerprint density at radius 2 is 1.95 bits per heavy atom. The zero-order chi connectivity index (χ0) is 14.0. The molecule has 0 spiro atoms. The lowest BCUT2D eigenvalue weighted by molar-refractivity contribution is 0.0666. The fraction of sp³-hybridized carbons (Fsp3) is 0.462. The van der Waals surface area contributed by atoms with E-state index in [9.17, 15) is 18.0 Å². The molecule has 19 heavy (non-hydrogen) atoms. The summed E-state index contributed by atoms with van der Waals surface area (Å²) in [6, 6.07) is 4.13. The SMILES string of the molecule is O=C(c1ccc(Br)c(C(F)F)c1)N1CCC(F)CC1. The van der Waals surface area contributed by atoms with Crippen LogP contribution in [0.1, 0.15) is 35.2 Å². The number of alkyl halides is 3. The summed E-state index contributed by atoms with van der Waals surface area (Å²) in [6.07, 6.45) is -2.89. The molecule has 1 aromatic carbocycles. The molecule has 0 aromatic heterocycles. The third-order valence-corrected chi connectivity index (χ3v) is 3.91. The third kappa shape index (κ3) is 3.29. The van der Waals surface area contributed by atoms with E-state index in [0.717, 1.165) is 0 Å². The Hall–Kier alpha value is -1.04. The molecule has 1 amide bonds. The largest absolute Gasteiger partial charge is 0.338 e. The Balaban J connectivity index is 2.17. The minimum atomic E-state index is -2.64. The molecule has 6 heteroatoms. The summed E-state index contributed by atoms with van der Waals surface area (Å²) in [7, 11) is 0. The highest BCUT2D eigenvalue weighted by atomic mass is 79.9. The van der Waals surface area contributed by atoms with Gasteiger partial charge in [0.05, 0.1) is 0 Å². The molecule has 1 aromatic rings. The number of carbonyl (C=O) groups is 1. The molecule has 1 heterocycles. The maximum absolute atomic E-state index is 13.0. The van der Waals surface area contributed by atoms with Gasteiger partial charge in [0, 0.05) is 28.7 Å². The smallest absolute Gasteiger partial charge is 0.264 e. The second kappa shape index (κ2) is 5.94. The van der Waals surface area contributed by atoms with E-state index in [4.69, 9.17) is 0 Å². The van der Waals surface area contributed by atoms with E-state index in [0.29, 0.717) is 25.9 Å². The van der Waals surface area contributed by atoms with Crippen LogP contribution in [-0.4, -0.2) is 30.1 Å². The van der Waals surface area contributed by atoms with Crippen molar-refractivity contribution in [2.24, 2.45) is 0 Å². The van der Waals surface area contributed by atoms with Gasteiger partial charge in [0.15, 0.2) is 0 Å². The number of hydrogen-bond acceptors (Lipinski definition) is 1. The first-order chi connectivity index (χ1) is 8.99. The quantitative estimate of drug-likeness (QED) is 0.801. The second-order valence-electron chi connectivity index (χ2n) is 4.50. The first-order valence-electron chi connectivity index (χ1n) is 6.00. The Labute approximate surface area is 117 Å². The van der Waals surface area contributed by atoms with E-state index in [1.54, 1.807) is 0 Å². The standard InChI is InChI=1S/C13H13BrF3NO/c14-11-2-1-8(7-10(11)12(16)17)13(19)18-5-3-9(15)4-6-18/h1-2,7,9,12H,3-6H2. The molecule has 0 N–H and O–H groups in total. The summed E-state index contributed by atoms with van der Waals surface area (Å²) in [5.74, 6) is -0.318. The van der Waals surface area contributed by atoms with Crippen LogP contribution >= 0.6 is 15.9 Å². The average molecular weight is 336 g/mol. The van der Waals surface area contributed by atoms with Crippen molar-refractivity contribution in [2.45, 2.75) is 25.4 Å². The van der Waals surface area contributed by atoms with Crippen LogP contribution in [0.15, 0.2) is 22.7 Å². The molecule has 0 radical (unpaired) electrons. The minimum absolute atomic E-state index is 0.203. The van der Waals surface area contributed by atoms with E-state index in [1.807, 2.05) is 0 Å². The van der Waals surface area contributed by atoms with Crippen LogP contribution in [0.25, 0.3) is 0 Å². The van der Waals surface area contributed by atoms with Crippen molar-refractivity contribution in [3.8, 4) is 0 Å². The Kier molecular flexibility index (Phi) is 4.50. The summed E-state index contributed by atoms with van der Waals surface area (Å²) < 4.78 is 38.8. The molecule has 2 nitrogen and oxygen atoms in total. The summed E-state index contributed by atoms with van der Waals surface area (Å²) in [5, 5.41) is 0. The van der Waals surface area contributed by atoms with Gasteiger partial charge in [-0.15, -0.1) is 0 Å². The fourth-order valence-corrected chi connectivity index (χ4v) is 2.50. The van der Waals surface area contributed by atoms with Crippen LogP contribution in [0, 0.1) is 0 Å². The number of rotatable bonds is 2. The van der Waals surface area contributed by atoms with Crippen molar-refractivity contribution in [3.63, 3.8) is 0 Å². The summed E-state index contributed by atoms with van der Waals surface area (Å²) in [4.78, 5) is 13.6. The fourth-order valence-electron chi connectivity index (χ4n) is 2.08. The number of amides is 1. The second-order valence-corrected chi connectivity index (χ2v) is 5.36. The lowest BCUT2D eigenvalue weighted by Gasteiger charge is -2.28. The average Bonchev–Trinajstić information content (AvgIpc) is 2.39. The number of nitrogens with zero attached hydrogens (tertiary/aromatic N) is 1. The highest BCUT2D eigenvalue weighted by Gasteiger charge is 2.24. The Bertz CT molecular complexity index is 473.